The number of halogens is 1. The van der Waals surface area contributed by atoms with Gasteiger partial charge in [-0.1, -0.05) is 0 Å². The van der Waals surface area contributed by atoms with Crippen molar-refractivity contribution in [3.8, 4) is 0 Å². The lowest BCUT2D eigenvalue weighted by Crippen LogP contribution is -2.34. The summed E-state index contributed by atoms with van der Waals surface area (Å²) in [5, 5.41) is 3.32. The average molecular weight is 252 g/mol. The van der Waals surface area contributed by atoms with Gasteiger partial charge in [0.1, 0.15) is 6.10 Å². The van der Waals surface area contributed by atoms with Gasteiger partial charge < -0.3 is 19.5 Å². The molecule has 1 atom stereocenters. The molecule has 2 saturated heterocycles. The number of ether oxygens (including phenoxy) is 3. The summed E-state index contributed by atoms with van der Waals surface area (Å²) in [6.45, 7) is 7.33. The van der Waals surface area contributed by atoms with Crippen LogP contribution >= 0.6 is 12.4 Å². The monoisotopic (exact) mass is 251 g/mol. The smallest absolute Gasteiger partial charge is 0.163 e. The minimum atomic E-state index is -0.428. The summed E-state index contributed by atoms with van der Waals surface area (Å²) >= 11 is 0. The van der Waals surface area contributed by atoms with Crippen molar-refractivity contribution < 1.29 is 14.2 Å². The van der Waals surface area contributed by atoms with Gasteiger partial charge in [-0.2, -0.15) is 0 Å². The molecule has 0 bridgehead atoms. The molecule has 0 unspecified atom stereocenters. The van der Waals surface area contributed by atoms with Crippen LogP contribution < -0.4 is 5.32 Å². The Morgan fingerprint density at radius 3 is 2.56 bits per heavy atom. The fourth-order valence-electron chi connectivity index (χ4n) is 2.05. The largest absolute Gasteiger partial charge is 0.375 e. The lowest BCUT2D eigenvalue weighted by Gasteiger charge is -2.24. The molecule has 0 radical (unpaired) electrons. The Morgan fingerprint density at radius 1 is 1.31 bits per heavy atom. The Kier molecular flexibility index (Phi) is 5.47. The summed E-state index contributed by atoms with van der Waals surface area (Å²) < 4.78 is 17.0. The lowest BCUT2D eigenvalue weighted by atomic mass is 10.1. The van der Waals surface area contributed by atoms with Crippen molar-refractivity contribution >= 4 is 12.4 Å². The van der Waals surface area contributed by atoms with Crippen LogP contribution in [-0.2, 0) is 14.2 Å². The third kappa shape index (κ3) is 4.18. The van der Waals surface area contributed by atoms with E-state index in [1.54, 1.807) is 0 Å². The third-order valence-electron chi connectivity index (χ3n) is 2.87. The molecule has 5 heteroatoms. The number of nitrogens with one attached hydrogen (secondary N) is 1. The zero-order valence-corrected chi connectivity index (χ0v) is 10.8. The summed E-state index contributed by atoms with van der Waals surface area (Å²) in [6.07, 6.45) is 2.72. The maximum Gasteiger partial charge on any atom is 0.163 e. The Labute approximate surface area is 103 Å². The Hall–Kier alpha value is 0.130. The van der Waals surface area contributed by atoms with Crippen LogP contribution in [0.15, 0.2) is 0 Å². The number of hydrogen-bond donors (Lipinski definition) is 1. The molecule has 2 heterocycles. The minimum Gasteiger partial charge on any atom is -0.375 e. The van der Waals surface area contributed by atoms with Crippen molar-refractivity contribution in [2.24, 2.45) is 0 Å². The van der Waals surface area contributed by atoms with Crippen LogP contribution in [0, 0.1) is 0 Å². The Balaban J connectivity index is 0.00000128. The molecule has 0 spiro atoms. The van der Waals surface area contributed by atoms with E-state index in [9.17, 15) is 0 Å². The molecule has 2 aliphatic heterocycles. The van der Waals surface area contributed by atoms with E-state index in [1.165, 1.54) is 0 Å². The molecule has 0 aromatic rings. The van der Waals surface area contributed by atoms with Crippen LogP contribution in [-0.4, -0.2) is 44.3 Å². The Morgan fingerprint density at radius 2 is 2.00 bits per heavy atom. The van der Waals surface area contributed by atoms with Crippen molar-refractivity contribution in [2.75, 3.05) is 26.3 Å². The van der Waals surface area contributed by atoms with Crippen molar-refractivity contribution in [1.82, 2.24) is 5.32 Å². The van der Waals surface area contributed by atoms with Gasteiger partial charge in [0.25, 0.3) is 0 Å². The van der Waals surface area contributed by atoms with Crippen LogP contribution in [0.2, 0.25) is 0 Å². The molecule has 0 aromatic carbocycles. The molecule has 0 aromatic heterocycles. The molecular weight excluding hydrogens is 230 g/mol. The molecule has 0 aliphatic carbocycles. The van der Waals surface area contributed by atoms with Gasteiger partial charge in [-0.25, -0.2) is 0 Å². The molecule has 0 saturated carbocycles. The van der Waals surface area contributed by atoms with Crippen molar-refractivity contribution in [2.45, 2.75) is 44.7 Å². The van der Waals surface area contributed by atoms with Gasteiger partial charge in [-0.3, -0.25) is 0 Å². The first-order valence-electron chi connectivity index (χ1n) is 5.80. The predicted octanol–water partition coefficient (Wildman–Crippen LogP) is 1.33. The predicted molar refractivity (Wildman–Crippen MR) is 64.0 cm³/mol. The zero-order valence-electron chi connectivity index (χ0n) is 10.0. The van der Waals surface area contributed by atoms with Crippen LogP contribution in [0.1, 0.15) is 26.7 Å². The van der Waals surface area contributed by atoms with E-state index in [4.69, 9.17) is 14.2 Å². The van der Waals surface area contributed by atoms with Gasteiger partial charge in [-0.05, 0) is 39.8 Å². The standard InChI is InChI=1S/C11H21NO3.ClH/c1-11(2)14-8-10(15-11)7-13-9-3-5-12-6-4-9;/h9-10,12H,3-8H2,1-2H3;1H/t10-;/m1./s1. The zero-order chi connectivity index (χ0) is 10.7. The normalized spacial score (nSPS) is 30.0. The highest BCUT2D eigenvalue weighted by Crippen LogP contribution is 2.23. The number of piperidine rings is 1. The van der Waals surface area contributed by atoms with Gasteiger partial charge in [0, 0.05) is 0 Å². The van der Waals surface area contributed by atoms with Gasteiger partial charge in [0.15, 0.2) is 5.79 Å². The molecule has 1 N–H and O–H groups in total. The molecule has 2 rings (SSSR count). The van der Waals surface area contributed by atoms with E-state index in [2.05, 4.69) is 5.32 Å². The molecule has 0 amide bonds. The van der Waals surface area contributed by atoms with E-state index in [0.717, 1.165) is 25.9 Å². The maximum atomic E-state index is 5.82. The highest BCUT2D eigenvalue weighted by atomic mass is 35.5. The molecule has 2 aliphatic rings. The second-order valence-corrected chi connectivity index (χ2v) is 4.73. The summed E-state index contributed by atoms with van der Waals surface area (Å²) in [7, 11) is 0. The summed E-state index contributed by atoms with van der Waals surface area (Å²) in [5.74, 6) is -0.428. The molecule has 16 heavy (non-hydrogen) atoms. The van der Waals surface area contributed by atoms with Crippen LogP contribution in [0.5, 0.6) is 0 Å². The molecule has 4 nitrogen and oxygen atoms in total. The van der Waals surface area contributed by atoms with Gasteiger partial charge in [0.05, 0.1) is 19.3 Å². The van der Waals surface area contributed by atoms with Crippen molar-refractivity contribution in [3.05, 3.63) is 0 Å². The summed E-state index contributed by atoms with van der Waals surface area (Å²) in [5.41, 5.74) is 0. The van der Waals surface area contributed by atoms with E-state index in [0.29, 0.717) is 19.3 Å². The third-order valence-corrected chi connectivity index (χ3v) is 2.87. The fourth-order valence-corrected chi connectivity index (χ4v) is 2.05. The lowest BCUT2D eigenvalue weighted by molar-refractivity contribution is -0.148. The highest BCUT2D eigenvalue weighted by Gasteiger charge is 2.33. The summed E-state index contributed by atoms with van der Waals surface area (Å²) in [6, 6.07) is 0. The first-order valence-corrected chi connectivity index (χ1v) is 5.80. The second kappa shape index (κ2) is 6.17. The van der Waals surface area contributed by atoms with E-state index in [1.807, 2.05) is 13.8 Å². The fraction of sp³-hybridized carbons (Fsp3) is 1.00. The van der Waals surface area contributed by atoms with E-state index < -0.39 is 5.79 Å². The Bertz CT molecular complexity index is 207. The van der Waals surface area contributed by atoms with Crippen LogP contribution in [0.3, 0.4) is 0 Å². The van der Waals surface area contributed by atoms with E-state index >= 15 is 0 Å². The molecular formula is C11H22ClNO3. The van der Waals surface area contributed by atoms with Crippen LogP contribution in [0.25, 0.3) is 0 Å². The van der Waals surface area contributed by atoms with Crippen LogP contribution in [0.4, 0.5) is 0 Å². The van der Waals surface area contributed by atoms with E-state index in [-0.39, 0.29) is 18.5 Å². The highest BCUT2D eigenvalue weighted by molar-refractivity contribution is 5.85. The topological polar surface area (TPSA) is 39.7 Å². The van der Waals surface area contributed by atoms with Gasteiger partial charge in [-0.15, -0.1) is 12.4 Å². The van der Waals surface area contributed by atoms with Gasteiger partial charge >= 0.3 is 0 Å². The first-order chi connectivity index (χ1) is 7.16. The van der Waals surface area contributed by atoms with Gasteiger partial charge in [0.2, 0.25) is 0 Å². The summed E-state index contributed by atoms with van der Waals surface area (Å²) in [4.78, 5) is 0. The molecule has 2 fully saturated rings. The SMILES string of the molecule is CC1(C)OC[C@@H](COC2CCNCC2)O1.Cl. The number of rotatable bonds is 3. The average Bonchev–Trinajstić information content (AvgIpc) is 2.57. The molecule has 96 valence electrons. The minimum absolute atomic E-state index is 0. The second-order valence-electron chi connectivity index (χ2n) is 4.73. The first kappa shape index (κ1) is 14.2. The number of hydrogen-bond acceptors (Lipinski definition) is 4. The van der Waals surface area contributed by atoms with Crippen molar-refractivity contribution in [3.63, 3.8) is 0 Å². The maximum absolute atomic E-state index is 5.82. The van der Waals surface area contributed by atoms with Crippen molar-refractivity contribution in [1.29, 1.82) is 0 Å². The quantitative estimate of drug-likeness (QED) is 0.822.